The van der Waals surface area contributed by atoms with Gasteiger partial charge in [-0.05, 0) is 32.3 Å². The molecule has 0 aromatic carbocycles. The first-order valence-corrected chi connectivity index (χ1v) is 6.93. The Hall–Kier alpha value is -0.870. The minimum Gasteiger partial charge on any atom is -0.382 e. The summed E-state index contributed by atoms with van der Waals surface area (Å²) in [6, 6.07) is 2.70. The highest BCUT2D eigenvalue weighted by molar-refractivity contribution is 5.02. The van der Waals surface area contributed by atoms with Gasteiger partial charge >= 0.3 is 0 Å². The highest BCUT2D eigenvalue weighted by Gasteiger charge is 2.12. The number of hydrogen-bond acceptors (Lipinski definition) is 3. The van der Waals surface area contributed by atoms with E-state index in [1.807, 2.05) is 6.92 Å². The van der Waals surface area contributed by atoms with Gasteiger partial charge < -0.3 is 10.5 Å². The summed E-state index contributed by atoms with van der Waals surface area (Å²) in [7, 11) is 1.72. The fourth-order valence-electron chi connectivity index (χ4n) is 2.23. The molecule has 0 aliphatic rings. The fraction of sp³-hybridized carbons (Fsp3) is 0.786. The van der Waals surface area contributed by atoms with Crippen LogP contribution in [-0.2, 0) is 11.2 Å². The van der Waals surface area contributed by atoms with Gasteiger partial charge in [0.1, 0.15) is 0 Å². The van der Waals surface area contributed by atoms with Crippen LogP contribution < -0.4 is 5.73 Å². The van der Waals surface area contributed by atoms with Crippen molar-refractivity contribution in [1.29, 1.82) is 0 Å². The topological polar surface area (TPSA) is 53.1 Å². The minimum atomic E-state index is 0.116. The number of ether oxygens (including phenoxy) is 1. The lowest BCUT2D eigenvalue weighted by atomic mass is 10.1. The Morgan fingerprint density at radius 3 is 2.61 bits per heavy atom. The molecule has 18 heavy (non-hydrogen) atoms. The molecule has 1 heterocycles. The first-order valence-electron chi connectivity index (χ1n) is 6.93. The summed E-state index contributed by atoms with van der Waals surface area (Å²) in [6.45, 7) is 6.44. The van der Waals surface area contributed by atoms with Gasteiger partial charge in [-0.25, -0.2) is 0 Å². The monoisotopic (exact) mass is 253 g/mol. The second-order valence-electron chi connectivity index (χ2n) is 5.00. The van der Waals surface area contributed by atoms with Gasteiger partial charge in [-0.15, -0.1) is 0 Å². The zero-order chi connectivity index (χ0) is 13.5. The van der Waals surface area contributed by atoms with Crippen LogP contribution in [0.4, 0.5) is 0 Å². The molecule has 4 nitrogen and oxygen atoms in total. The van der Waals surface area contributed by atoms with Crippen LogP contribution in [0.15, 0.2) is 12.3 Å². The van der Waals surface area contributed by atoms with Crippen LogP contribution in [0.5, 0.6) is 0 Å². The van der Waals surface area contributed by atoms with Gasteiger partial charge in [0.25, 0.3) is 0 Å². The number of nitrogens with zero attached hydrogens (tertiary/aromatic N) is 2. The van der Waals surface area contributed by atoms with Crippen LogP contribution >= 0.6 is 0 Å². The van der Waals surface area contributed by atoms with Gasteiger partial charge in [0, 0.05) is 25.8 Å². The Morgan fingerprint density at radius 2 is 2.06 bits per heavy atom. The molecule has 1 aromatic heterocycles. The van der Waals surface area contributed by atoms with Crippen molar-refractivity contribution >= 4 is 0 Å². The van der Waals surface area contributed by atoms with Crippen LogP contribution in [0.3, 0.4) is 0 Å². The maximum Gasteiger partial charge on any atom is 0.0640 e. The first-order chi connectivity index (χ1) is 8.60. The Bertz CT molecular complexity index is 334. The third kappa shape index (κ3) is 4.42. The third-order valence-corrected chi connectivity index (χ3v) is 3.49. The quantitative estimate of drug-likeness (QED) is 0.774. The summed E-state index contributed by atoms with van der Waals surface area (Å²) < 4.78 is 7.30. The zero-order valence-electron chi connectivity index (χ0n) is 12.1. The fourth-order valence-corrected chi connectivity index (χ4v) is 2.23. The summed E-state index contributed by atoms with van der Waals surface area (Å²) in [6.07, 6.45) is 6.20. The summed E-state index contributed by atoms with van der Waals surface area (Å²) >= 11 is 0. The number of nitrogens with two attached hydrogens (primary N) is 1. The van der Waals surface area contributed by atoms with E-state index in [-0.39, 0.29) is 12.1 Å². The van der Waals surface area contributed by atoms with Crippen molar-refractivity contribution in [3.05, 3.63) is 18.0 Å². The van der Waals surface area contributed by atoms with Gasteiger partial charge in [0.2, 0.25) is 0 Å². The summed E-state index contributed by atoms with van der Waals surface area (Å²) in [4.78, 5) is 0. The molecule has 0 bridgehead atoms. The molecule has 104 valence electrons. The lowest BCUT2D eigenvalue weighted by molar-refractivity contribution is 0.104. The highest BCUT2D eigenvalue weighted by Crippen LogP contribution is 2.15. The van der Waals surface area contributed by atoms with E-state index >= 15 is 0 Å². The van der Waals surface area contributed by atoms with E-state index in [1.165, 1.54) is 0 Å². The molecule has 0 saturated heterocycles. The molecule has 1 rings (SSSR count). The minimum absolute atomic E-state index is 0.116. The molecular formula is C14H27N3O. The average Bonchev–Trinajstić information content (AvgIpc) is 2.78. The molecule has 1 aromatic rings. The van der Waals surface area contributed by atoms with E-state index in [9.17, 15) is 0 Å². The molecule has 2 atom stereocenters. The second-order valence-corrected chi connectivity index (χ2v) is 5.00. The SMILES string of the molecule is CCC(CC)n1ccc(CC(N)CC(C)OC)n1. The Balaban J connectivity index is 2.53. The predicted octanol–water partition coefficient (Wildman–Crippen LogP) is 2.54. The van der Waals surface area contributed by atoms with Crippen LogP contribution in [0.1, 0.15) is 51.8 Å². The lowest BCUT2D eigenvalue weighted by Gasteiger charge is -2.15. The number of methoxy groups -OCH3 is 1. The van der Waals surface area contributed by atoms with Gasteiger partial charge in [-0.3, -0.25) is 4.68 Å². The van der Waals surface area contributed by atoms with E-state index in [2.05, 4.69) is 35.9 Å². The molecule has 4 heteroatoms. The molecule has 0 saturated carbocycles. The smallest absolute Gasteiger partial charge is 0.0640 e. The van der Waals surface area contributed by atoms with E-state index in [4.69, 9.17) is 10.5 Å². The Kier molecular flexibility index (Phi) is 6.36. The number of aromatic nitrogens is 2. The van der Waals surface area contributed by atoms with Crippen LogP contribution in [0, 0.1) is 0 Å². The van der Waals surface area contributed by atoms with E-state index < -0.39 is 0 Å². The zero-order valence-corrected chi connectivity index (χ0v) is 12.1. The van der Waals surface area contributed by atoms with Crippen molar-refractivity contribution in [2.45, 2.75) is 64.6 Å². The molecule has 0 amide bonds. The van der Waals surface area contributed by atoms with Crippen molar-refractivity contribution in [1.82, 2.24) is 9.78 Å². The molecule has 0 aliphatic heterocycles. The second kappa shape index (κ2) is 7.54. The Labute approximate surface area is 111 Å². The summed E-state index contributed by atoms with van der Waals surface area (Å²) in [5.41, 5.74) is 7.18. The van der Waals surface area contributed by atoms with Crippen molar-refractivity contribution in [2.24, 2.45) is 5.73 Å². The molecule has 2 N–H and O–H groups in total. The molecule has 0 fully saturated rings. The normalized spacial score (nSPS) is 15.0. The van der Waals surface area contributed by atoms with Crippen molar-refractivity contribution in [3.8, 4) is 0 Å². The Morgan fingerprint density at radius 1 is 1.39 bits per heavy atom. The van der Waals surface area contributed by atoms with E-state index in [0.717, 1.165) is 31.4 Å². The maximum atomic E-state index is 6.10. The lowest BCUT2D eigenvalue weighted by Crippen LogP contribution is -2.28. The van der Waals surface area contributed by atoms with Crippen molar-refractivity contribution in [2.75, 3.05) is 7.11 Å². The van der Waals surface area contributed by atoms with E-state index in [0.29, 0.717) is 6.04 Å². The standard InChI is InChI=1S/C14H27N3O/c1-5-14(6-2)17-8-7-13(16-17)10-12(15)9-11(3)18-4/h7-8,11-12,14H,5-6,9-10,15H2,1-4H3. The summed E-state index contributed by atoms with van der Waals surface area (Å²) in [5, 5.41) is 4.62. The summed E-state index contributed by atoms with van der Waals surface area (Å²) in [5.74, 6) is 0. The predicted molar refractivity (Wildman–Crippen MR) is 74.6 cm³/mol. The van der Waals surface area contributed by atoms with Gasteiger partial charge in [0.15, 0.2) is 0 Å². The van der Waals surface area contributed by atoms with Crippen LogP contribution in [0.25, 0.3) is 0 Å². The van der Waals surface area contributed by atoms with Crippen molar-refractivity contribution < 1.29 is 4.74 Å². The molecular weight excluding hydrogens is 226 g/mol. The largest absolute Gasteiger partial charge is 0.382 e. The number of rotatable bonds is 8. The van der Waals surface area contributed by atoms with E-state index in [1.54, 1.807) is 7.11 Å². The maximum absolute atomic E-state index is 6.10. The van der Waals surface area contributed by atoms with Gasteiger partial charge in [-0.2, -0.15) is 5.10 Å². The number of hydrogen-bond donors (Lipinski definition) is 1. The molecule has 0 radical (unpaired) electrons. The third-order valence-electron chi connectivity index (χ3n) is 3.49. The van der Waals surface area contributed by atoms with Crippen LogP contribution in [-0.4, -0.2) is 29.0 Å². The van der Waals surface area contributed by atoms with Gasteiger partial charge in [-0.1, -0.05) is 13.8 Å². The van der Waals surface area contributed by atoms with Gasteiger partial charge in [0.05, 0.1) is 17.8 Å². The average molecular weight is 253 g/mol. The molecule has 0 spiro atoms. The van der Waals surface area contributed by atoms with Crippen molar-refractivity contribution in [3.63, 3.8) is 0 Å². The van der Waals surface area contributed by atoms with Crippen LogP contribution in [0.2, 0.25) is 0 Å². The molecule has 2 unspecified atom stereocenters. The highest BCUT2D eigenvalue weighted by atomic mass is 16.5. The molecule has 0 aliphatic carbocycles. The first kappa shape index (κ1) is 15.2.